The van der Waals surface area contributed by atoms with Crippen LogP contribution in [-0.4, -0.2) is 51.9 Å². The summed E-state index contributed by atoms with van der Waals surface area (Å²) in [4.78, 5) is 28.5. The molecule has 11 heteroatoms. The van der Waals surface area contributed by atoms with E-state index in [0.29, 0.717) is 21.7 Å². The molecule has 0 N–H and O–H groups in total. The summed E-state index contributed by atoms with van der Waals surface area (Å²) in [6.45, 7) is -0.180. The van der Waals surface area contributed by atoms with Gasteiger partial charge in [0.05, 0.1) is 36.4 Å². The number of hydrogen-bond donors (Lipinski definition) is 0. The van der Waals surface area contributed by atoms with Gasteiger partial charge in [0.2, 0.25) is 0 Å². The van der Waals surface area contributed by atoms with Crippen molar-refractivity contribution < 1.29 is 32.2 Å². The van der Waals surface area contributed by atoms with Gasteiger partial charge in [0.25, 0.3) is 5.91 Å². The fourth-order valence-corrected chi connectivity index (χ4v) is 4.96. The Morgan fingerprint density at radius 1 is 1.00 bits per heavy atom. The van der Waals surface area contributed by atoms with E-state index < -0.39 is 27.5 Å². The van der Waals surface area contributed by atoms with Gasteiger partial charge in [-0.1, -0.05) is 11.3 Å². The predicted molar refractivity (Wildman–Crippen MR) is 114 cm³/mol. The second kappa shape index (κ2) is 9.31. The van der Waals surface area contributed by atoms with Crippen molar-refractivity contribution in [3.05, 3.63) is 47.3 Å². The monoisotopic (exact) mass is 464 g/mol. The van der Waals surface area contributed by atoms with Gasteiger partial charge >= 0.3 is 5.97 Å². The van der Waals surface area contributed by atoms with E-state index in [1.807, 2.05) is 0 Å². The van der Waals surface area contributed by atoms with Gasteiger partial charge in [0.1, 0.15) is 23.8 Å². The number of thiazole rings is 1. The van der Waals surface area contributed by atoms with Crippen LogP contribution in [0.2, 0.25) is 0 Å². The quantitative estimate of drug-likeness (QED) is 0.490. The van der Waals surface area contributed by atoms with Gasteiger partial charge in [-0.3, -0.25) is 9.59 Å². The first kappa shape index (κ1) is 22.5. The average molecular weight is 465 g/mol. The van der Waals surface area contributed by atoms with Crippen LogP contribution in [-0.2, 0) is 30.7 Å². The Morgan fingerprint density at radius 3 is 2.26 bits per heavy atom. The normalized spacial score (nSPS) is 12.0. The number of sulfone groups is 1. The largest absolute Gasteiger partial charge is 0.497 e. The van der Waals surface area contributed by atoms with E-state index in [0.717, 1.165) is 11.3 Å². The van der Waals surface area contributed by atoms with E-state index >= 15 is 0 Å². The average Bonchev–Trinajstić information content (AvgIpc) is 3.08. The fraction of sp³-hybridized carbons (Fsp3) is 0.250. The highest BCUT2D eigenvalue weighted by Crippen LogP contribution is 2.23. The molecule has 0 aliphatic heterocycles. The Morgan fingerprint density at radius 2 is 1.65 bits per heavy atom. The summed E-state index contributed by atoms with van der Waals surface area (Å²) >= 11 is 1.14. The van der Waals surface area contributed by atoms with Crippen molar-refractivity contribution in [2.45, 2.75) is 11.4 Å². The van der Waals surface area contributed by atoms with Crippen LogP contribution in [0.25, 0.3) is 10.2 Å². The number of amides is 1. The summed E-state index contributed by atoms with van der Waals surface area (Å²) in [6, 6.07) is 10.9. The Bertz CT molecular complexity index is 1290. The van der Waals surface area contributed by atoms with Crippen LogP contribution in [0.15, 0.2) is 52.4 Å². The molecule has 31 heavy (non-hydrogen) atoms. The standard InChI is InChI=1S/C20H20N2O7S2/c1-27-13-4-7-15(8-5-13)31(25,26)12-18(23)21-20-22(11-19(24)29-3)16-9-6-14(28-2)10-17(16)30-20/h4-10H,11-12H2,1-3H3. The number of esters is 1. The molecule has 164 valence electrons. The molecule has 1 aromatic heterocycles. The van der Waals surface area contributed by atoms with Crippen LogP contribution in [0, 0.1) is 0 Å². The topological polar surface area (TPSA) is 113 Å². The van der Waals surface area contributed by atoms with Crippen molar-refractivity contribution in [2.24, 2.45) is 4.99 Å². The third kappa shape index (κ3) is 5.12. The molecule has 0 aliphatic carbocycles. The molecule has 9 nitrogen and oxygen atoms in total. The Labute approximate surface area is 182 Å². The van der Waals surface area contributed by atoms with Crippen LogP contribution < -0.4 is 14.3 Å². The molecule has 0 radical (unpaired) electrons. The lowest BCUT2D eigenvalue weighted by Gasteiger charge is -2.05. The zero-order chi connectivity index (χ0) is 22.6. The van der Waals surface area contributed by atoms with Crippen molar-refractivity contribution in [1.29, 1.82) is 0 Å². The third-order valence-electron chi connectivity index (χ3n) is 4.36. The first-order chi connectivity index (χ1) is 14.8. The van der Waals surface area contributed by atoms with Crippen molar-refractivity contribution in [3.8, 4) is 11.5 Å². The molecule has 0 bridgehead atoms. The minimum absolute atomic E-state index is 0.0136. The molecule has 0 aliphatic rings. The molecule has 2 aromatic carbocycles. The van der Waals surface area contributed by atoms with Gasteiger partial charge in [0.15, 0.2) is 14.6 Å². The minimum atomic E-state index is -3.90. The van der Waals surface area contributed by atoms with E-state index in [1.54, 1.807) is 18.2 Å². The molecule has 0 spiro atoms. The number of carbonyl (C=O) groups excluding carboxylic acids is 2. The Balaban J connectivity index is 1.98. The zero-order valence-corrected chi connectivity index (χ0v) is 18.7. The number of nitrogens with zero attached hydrogens (tertiary/aromatic N) is 2. The first-order valence-corrected chi connectivity index (χ1v) is 11.4. The van der Waals surface area contributed by atoms with Gasteiger partial charge < -0.3 is 18.8 Å². The molecule has 1 amide bonds. The van der Waals surface area contributed by atoms with Gasteiger partial charge in [-0.2, -0.15) is 4.99 Å². The van der Waals surface area contributed by atoms with Crippen LogP contribution in [0.4, 0.5) is 0 Å². The third-order valence-corrected chi connectivity index (χ3v) is 7.02. The summed E-state index contributed by atoms with van der Waals surface area (Å²) in [5, 5.41) is 0. The molecule has 0 fully saturated rings. The van der Waals surface area contributed by atoms with E-state index in [2.05, 4.69) is 4.99 Å². The number of ether oxygens (including phenoxy) is 3. The maximum absolute atomic E-state index is 12.6. The lowest BCUT2D eigenvalue weighted by Crippen LogP contribution is -2.24. The highest BCUT2D eigenvalue weighted by atomic mass is 32.2. The van der Waals surface area contributed by atoms with Crippen molar-refractivity contribution in [3.63, 3.8) is 0 Å². The molecule has 1 heterocycles. The smallest absolute Gasteiger partial charge is 0.325 e. The SMILES string of the molecule is COC(=O)Cn1c(=NC(=O)CS(=O)(=O)c2ccc(OC)cc2)sc2cc(OC)ccc21. The van der Waals surface area contributed by atoms with Crippen molar-refractivity contribution in [2.75, 3.05) is 27.1 Å². The molecule has 0 unspecified atom stereocenters. The summed E-state index contributed by atoms with van der Waals surface area (Å²) in [7, 11) is 0.345. The van der Waals surface area contributed by atoms with E-state index in [4.69, 9.17) is 14.2 Å². The summed E-state index contributed by atoms with van der Waals surface area (Å²) in [5.74, 6) is -1.10. The molecule has 3 aromatic rings. The Kier molecular flexibility index (Phi) is 6.76. The number of carbonyl (C=O) groups is 2. The van der Waals surface area contributed by atoms with Gasteiger partial charge in [-0.25, -0.2) is 8.42 Å². The summed E-state index contributed by atoms with van der Waals surface area (Å²) < 4.78 is 42.3. The lowest BCUT2D eigenvalue weighted by molar-refractivity contribution is -0.141. The second-order valence-corrected chi connectivity index (χ2v) is 9.32. The lowest BCUT2D eigenvalue weighted by atomic mass is 10.3. The van der Waals surface area contributed by atoms with Crippen molar-refractivity contribution in [1.82, 2.24) is 4.57 Å². The maximum Gasteiger partial charge on any atom is 0.325 e. The molecule has 0 saturated heterocycles. The number of rotatable bonds is 7. The number of aromatic nitrogens is 1. The first-order valence-electron chi connectivity index (χ1n) is 8.96. The molecular formula is C20H20N2O7S2. The summed E-state index contributed by atoms with van der Waals surface area (Å²) in [6.07, 6.45) is 0. The molecular weight excluding hydrogens is 444 g/mol. The number of hydrogen-bond acceptors (Lipinski definition) is 8. The van der Waals surface area contributed by atoms with E-state index in [-0.39, 0.29) is 16.2 Å². The van der Waals surface area contributed by atoms with Crippen LogP contribution in [0.3, 0.4) is 0 Å². The second-order valence-electron chi connectivity index (χ2n) is 6.32. The predicted octanol–water partition coefficient (Wildman–Crippen LogP) is 1.79. The highest BCUT2D eigenvalue weighted by Gasteiger charge is 2.20. The summed E-state index contributed by atoms with van der Waals surface area (Å²) in [5.41, 5.74) is 0.640. The Hall–Kier alpha value is -3.18. The zero-order valence-electron chi connectivity index (χ0n) is 17.0. The van der Waals surface area contributed by atoms with Gasteiger partial charge in [-0.05, 0) is 42.5 Å². The van der Waals surface area contributed by atoms with E-state index in [1.165, 1.54) is 50.2 Å². The van der Waals surface area contributed by atoms with Crippen molar-refractivity contribution >= 4 is 43.3 Å². The van der Waals surface area contributed by atoms with Crippen LogP contribution in [0.1, 0.15) is 0 Å². The van der Waals surface area contributed by atoms with Gasteiger partial charge in [-0.15, -0.1) is 0 Å². The van der Waals surface area contributed by atoms with Crippen LogP contribution in [0.5, 0.6) is 11.5 Å². The van der Waals surface area contributed by atoms with Gasteiger partial charge in [0, 0.05) is 0 Å². The minimum Gasteiger partial charge on any atom is -0.497 e. The molecule has 0 atom stereocenters. The molecule has 0 saturated carbocycles. The molecule has 3 rings (SSSR count). The van der Waals surface area contributed by atoms with E-state index in [9.17, 15) is 18.0 Å². The number of fused-ring (bicyclic) bond motifs is 1. The fourth-order valence-electron chi connectivity index (χ4n) is 2.78. The maximum atomic E-state index is 12.6. The highest BCUT2D eigenvalue weighted by molar-refractivity contribution is 7.92. The van der Waals surface area contributed by atoms with Crippen LogP contribution >= 0.6 is 11.3 Å². The number of benzene rings is 2. The number of methoxy groups -OCH3 is 3.